The van der Waals surface area contributed by atoms with E-state index in [2.05, 4.69) is 0 Å². The Morgan fingerprint density at radius 2 is 1.62 bits per heavy atom. The number of nitrogens with zero attached hydrogens (tertiary/aromatic N) is 1. The zero-order valence-corrected chi connectivity index (χ0v) is 18.0. The summed E-state index contributed by atoms with van der Waals surface area (Å²) in [6.07, 6.45) is 1.91. The quantitative estimate of drug-likeness (QED) is 0.460. The minimum Gasteiger partial charge on any atom is -0.457 e. The molecule has 0 saturated heterocycles. The molecule has 0 bridgehead atoms. The maximum atomic E-state index is 12.7. The Hall–Kier alpha value is -2.67. The van der Waals surface area contributed by atoms with Gasteiger partial charge in [0.25, 0.3) is 0 Å². The summed E-state index contributed by atoms with van der Waals surface area (Å²) in [4.78, 5) is 25.1. The molecular weight excluding hydrogens is 390 g/mol. The minimum atomic E-state index is -3.38. The van der Waals surface area contributed by atoms with E-state index in [4.69, 9.17) is 4.74 Å². The lowest BCUT2D eigenvalue weighted by Gasteiger charge is -2.21. The molecule has 0 saturated carbocycles. The Bertz CT molecular complexity index is 939. The predicted molar refractivity (Wildman–Crippen MR) is 114 cm³/mol. The van der Waals surface area contributed by atoms with E-state index in [0.29, 0.717) is 11.3 Å². The van der Waals surface area contributed by atoms with Gasteiger partial charge in [0.05, 0.1) is 17.9 Å². The topological polar surface area (TPSA) is 80.8 Å². The molecule has 2 atom stereocenters. The van der Waals surface area contributed by atoms with Crippen LogP contribution in [0.25, 0.3) is 0 Å². The number of ether oxygens (including phenoxy) is 1. The molecule has 0 aliphatic carbocycles. The van der Waals surface area contributed by atoms with Gasteiger partial charge >= 0.3 is 5.97 Å². The summed E-state index contributed by atoms with van der Waals surface area (Å²) in [5.41, 5.74) is 1.66. The first-order chi connectivity index (χ1) is 13.6. The molecule has 156 valence electrons. The lowest BCUT2D eigenvalue weighted by atomic mass is 9.85. The van der Waals surface area contributed by atoms with Gasteiger partial charge in [0.15, 0.2) is 12.4 Å². The number of carbonyl (C=O) groups is 2. The Morgan fingerprint density at radius 1 is 1.03 bits per heavy atom. The van der Waals surface area contributed by atoms with Gasteiger partial charge in [-0.25, -0.2) is 8.42 Å². The second-order valence-electron chi connectivity index (χ2n) is 7.08. The number of sulfonamides is 1. The Morgan fingerprint density at radius 3 is 2.14 bits per heavy atom. The first-order valence-corrected chi connectivity index (χ1v) is 11.3. The minimum absolute atomic E-state index is 0.0748. The van der Waals surface area contributed by atoms with E-state index < -0.39 is 21.9 Å². The van der Waals surface area contributed by atoms with Gasteiger partial charge in [0, 0.05) is 12.6 Å². The molecule has 0 radical (unpaired) electrons. The van der Waals surface area contributed by atoms with Crippen molar-refractivity contribution in [2.45, 2.75) is 26.2 Å². The molecule has 0 N–H and O–H groups in total. The number of hydrogen-bond donors (Lipinski definition) is 0. The zero-order valence-electron chi connectivity index (χ0n) is 17.2. The predicted octanol–water partition coefficient (Wildman–Crippen LogP) is 3.64. The maximum Gasteiger partial charge on any atom is 0.314 e. The van der Waals surface area contributed by atoms with Crippen molar-refractivity contribution in [2.24, 2.45) is 5.92 Å². The van der Waals surface area contributed by atoms with Crippen molar-refractivity contribution in [1.82, 2.24) is 0 Å². The van der Waals surface area contributed by atoms with Crippen LogP contribution >= 0.6 is 0 Å². The normalized spacial score (nSPS) is 13.4. The standard InChI is InChI=1S/C22H27NO5S/c1-5-16(2)21(18-9-7-6-8-10-18)22(25)28-15-20(24)17-11-13-19(14-12-17)23(3)29(4,26)27/h6-14,16,21H,5,15H2,1-4H3/t16-,21-/m1/s1. The lowest BCUT2D eigenvalue weighted by Crippen LogP contribution is -2.25. The van der Waals surface area contributed by atoms with Crippen molar-refractivity contribution in [1.29, 1.82) is 0 Å². The summed E-state index contributed by atoms with van der Waals surface area (Å²) in [6, 6.07) is 15.5. The monoisotopic (exact) mass is 417 g/mol. The Labute approximate surface area is 172 Å². The van der Waals surface area contributed by atoms with Crippen LogP contribution in [0.2, 0.25) is 0 Å². The van der Waals surface area contributed by atoms with E-state index in [9.17, 15) is 18.0 Å². The average Bonchev–Trinajstić information content (AvgIpc) is 2.71. The molecule has 7 heteroatoms. The smallest absolute Gasteiger partial charge is 0.314 e. The number of anilines is 1. The first-order valence-electron chi connectivity index (χ1n) is 9.44. The molecule has 2 aromatic rings. The molecule has 2 rings (SSSR count). The van der Waals surface area contributed by atoms with Crippen LogP contribution in [0.1, 0.15) is 42.1 Å². The molecule has 0 spiro atoms. The van der Waals surface area contributed by atoms with E-state index in [1.165, 1.54) is 19.2 Å². The molecule has 0 aliphatic heterocycles. The Kier molecular flexibility index (Phi) is 7.56. The summed E-state index contributed by atoms with van der Waals surface area (Å²) in [7, 11) is -1.94. The fraction of sp³-hybridized carbons (Fsp3) is 0.364. The summed E-state index contributed by atoms with van der Waals surface area (Å²) in [6.45, 7) is 3.63. The van der Waals surface area contributed by atoms with Gasteiger partial charge in [-0.1, -0.05) is 50.6 Å². The molecule has 29 heavy (non-hydrogen) atoms. The summed E-state index contributed by atoms with van der Waals surface area (Å²) < 4.78 is 29.6. The second kappa shape index (κ2) is 9.69. The summed E-state index contributed by atoms with van der Waals surface area (Å²) in [5, 5.41) is 0. The van der Waals surface area contributed by atoms with Crippen LogP contribution in [-0.4, -0.2) is 40.1 Å². The fourth-order valence-electron chi connectivity index (χ4n) is 2.95. The van der Waals surface area contributed by atoms with Crippen molar-refractivity contribution < 1.29 is 22.7 Å². The number of rotatable bonds is 9. The van der Waals surface area contributed by atoms with E-state index in [1.807, 2.05) is 44.2 Å². The highest BCUT2D eigenvalue weighted by atomic mass is 32.2. The largest absolute Gasteiger partial charge is 0.457 e. The third-order valence-corrected chi connectivity index (χ3v) is 6.23. The second-order valence-corrected chi connectivity index (χ2v) is 9.10. The molecule has 0 aliphatic rings. The number of benzene rings is 2. The van der Waals surface area contributed by atoms with E-state index in [-0.39, 0.29) is 18.3 Å². The number of carbonyl (C=O) groups excluding carboxylic acids is 2. The molecule has 6 nitrogen and oxygen atoms in total. The van der Waals surface area contributed by atoms with Crippen LogP contribution in [0, 0.1) is 5.92 Å². The van der Waals surface area contributed by atoms with Crippen LogP contribution in [0.15, 0.2) is 54.6 Å². The number of Topliss-reactive ketones (excluding diaryl/α,β-unsaturated/α-hetero) is 1. The number of ketones is 1. The van der Waals surface area contributed by atoms with E-state index >= 15 is 0 Å². The SMILES string of the molecule is CC[C@@H](C)[C@@H](C(=O)OCC(=O)c1ccc(N(C)S(C)(=O)=O)cc1)c1ccccc1. The van der Waals surface area contributed by atoms with Gasteiger partial charge in [-0.05, 0) is 35.7 Å². The van der Waals surface area contributed by atoms with Crippen molar-refractivity contribution in [3.8, 4) is 0 Å². The van der Waals surface area contributed by atoms with Gasteiger partial charge in [-0.2, -0.15) is 0 Å². The molecular formula is C22H27NO5S. The number of esters is 1. The van der Waals surface area contributed by atoms with Crippen LogP contribution in [0.5, 0.6) is 0 Å². The third kappa shape index (κ3) is 5.90. The molecule has 2 aromatic carbocycles. The van der Waals surface area contributed by atoms with Crippen LogP contribution in [-0.2, 0) is 19.6 Å². The first kappa shape index (κ1) is 22.6. The highest BCUT2D eigenvalue weighted by Crippen LogP contribution is 2.28. The highest BCUT2D eigenvalue weighted by Gasteiger charge is 2.28. The van der Waals surface area contributed by atoms with Crippen LogP contribution in [0.4, 0.5) is 5.69 Å². The summed E-state index contributed by atoms with van der Waals surface area (Å²) >= 11 is 0. The average molecular weight is 418 g/mol. The van der Waals surface area contributed by atoms with Gasteiger partial charge in [-0.3, -0.25) is 13.9 Å². The van der Waals surface area contributed by atoms with Gasteiger partial charge in [0.2, 0.25) is 10.0 Å². The lowest BCUT2D eigenvalue weighted by molar-refractivity contribution is -0.145. The molecule has 0 heterocycles. The zero-order chi connectivity index (χ0) is 21.6. The highest BCUT2D eigenvalue weighted by molar-refractivity contribution is 7.92. The van der Waals surface area contributed by atoms with Crippen molar-refractivity contribution in [2.75, 3.05) is 24.2 Å². The van der Waals surface area contributed by atoms with Gasteiger partial charge in [0.1, 0.15) is 0 Å². The van der Waals surface area contributed by atoms with Crippen LogP contribution < -0.4 is 4.31 Å². The number of hydrogen-bond acceptors (Lipinski definition) is 5. The molecule has 0 aromatic heterocycles. The summed E-state index contributed by atoms with van der Waals surface area (Å²) in [5.74, 6) is -1.12. The van der Waals surface area contributed by atoms with Gasteiger partial charge < -0.3 is 4.74 Å². The molecule has 0 unspecified atom stereocenters. The van der Waals surface area contributed by atoms with Crippen molar-refractivity contribution in [3.63, 3.8) is 0 Å². The molecule has 0 amide bonds. The van der Waals surface area contributed by atoms with Crippen molar-refractivity contribution in [3.05, 3.63) is 65.7 Å². The van der Waals surface area contributed by atoms with Crippen molar-refractivity contribution >= 4 is 27.5 Å². The maximum absolute atomic E-state index is 12.7. The fourth-order valence-corrected chi connectivity index (χ4v) is 3.46. The molecule has 0 fully saturated rings. The van der Waals surface area contributed by atoms with E-state index in [0.717, 1.165) is 22.5 Å². The third-order valence-electron chi connectivity index (χ3n) is 5.02. The Balaban J connectivity index is 2.06. The van der Waals surface area contributed by atoms with E-state index in [1.54, 1.807) is 12.1 Å². The van der Waals surface area contributed by atoms with Crippen LogP contribution in [0.3, 0.4) is 0 Å². The van der Waals surface area contributed by atoms with Gasteiger partial charge in [-0.15, -0.1) is 0 Å².